The quantitative estimate of drug-likeness (QED) is 0.842. The largest absolute Gasteiger partial charge is 0.329 e. The molecule has 0 spiro atoms. The fourth-order valence-corrected chi connectivity index (χ4v) is 4.58. The predicted molar refractivity (Wildman–Crippen MR) is 77.5 cm³/mol. The fraction of sp³-hybridized carbons (Fsp3) is 1.00. The van der Waals surface area contributed by atoms with Gasteiger partial charge in [-0.1, -0.05) is 13.8 Å². The Bertz CT molecular complexity index is 249. The molecule has 1 aliphatic carbocycles. The lowest BCUT2D eigenvalue weighted by molar-refractivity contribution is 0.0194. The molecule has 1 saturated heterocycles. The van der Waals surface area contributed by atoms with Gasteiger partial charge in [-0.25, -0.2) is 0 Å². The zero-order valence-electron chi connectivity index (χ0n) is 11.7. The average Bonchev–Trinajstić information content (AvgIpc) is 2.82. The molecular formula is C14H28N2S. The lowest BCUT2D eigenvalue weighted by Crippen LogP contribution is -2.58. The highest BCUT2D eigenvalue weighted by molar-refractivity contribution is 7.99. The van der Waals surface area contributed by atoms with Crippen LogP contribution in [0.15, 0.2) is 0 Å². The van der Waals surface area contributed by atoms with Gasteiger partial charge in [0.05, 0.1) is 0 Å². The summed E-state index contributed by atoms with van der Waals surface area (Å²) in [6.07, 6.45) is 6.58. The maximum absolute atomic E-state index is 6.15. The van der Waals surface area contributed by atoms with Crippen LogP contribution in [0.5, 0.6) is 0 Å². The molecule has 0 radical (unpaired) electrons. The van der Waals surface area contributed by atoms with Crippen molar-refractivity contribution in [2.24, 2.45) is 11.1 Å². The van der Waals surface area contributed by atoms with E-state index in [4.69, 9.17) is 5.73 Å². The Morgan fingerprint density at radius 2 is 1.88 bits per heavy atom. The van der Waals surface area contributed by atoms with Crippen LogP contribution in [0, 0.1) is 5.41 Å². The summed E-state index contributed by atoms with van der Waals surface area (Å²) >= 11 is 2.10. The summed E-state index contributed by atoms with van der Waals surface area (Å²) in [4.78, 5) is 2.64. The highest BCUT2D eigenvalue weighted by Gasteiger charge is 2.42. The van der Waals surface area contributed by atoms with Gasteiger partial charge in [0, 0.05) is 23.9 Å². The van der Waals surface area contributed by atoms with E-state index in [9.17, 15) is 0 Å². The van der Waals surface area contributed by atoms with Crippen LogP contribution in [0.2, 0.25) is 0 Å². The molecule has 2 N–H and O–H groups in total. The van der Waals surface area contributed by atoms with Crippen LogP contribution in [-0.2, 0) is 0 Å². The third-order valence-electron chi connectivity index (χ3n) is 5.12. The molecule has 0 amide bonds. The molecule has 3 heteroatoms. The van der Waals surface area contributed by atoms with Gasteiger partial charge in [0.2, 0.25) is 0 Å². The molecule has 0 aromatic carbocycles. The number of hydrogen-bond donors (Lipinski definition) is 1. The summed E-state index contributed by atoms with van der Waals surface area (Å²) in [5.41, 5.74) is 6.98. The lowest BCUT2D eigenvalue weighted by Gasteiger charge is -2.50. The summed E-state index contributed by atoms with van der Waals surface area (Å²) in [5.74, 6) is 2.64. The van der Waals surface area contributed by atoms with E-state index in [0.29, 0.717) is 11.0 Å². The summed E-state index contributed by atoms with van der Waals surface area (Å²) in [5, 5.41) is 0. The van der Waals surface area contributed by atoms with Gasteiger partial charge < -0.3 is 5.73 Å². The van der Waals surface area contributed by atoms with Crippen molar-refractivity contribution in [3.8, 4) is 0 Å². The second-order valence-corrected chi connectivity index (χ2v) is 7.87. The third kappa shape index (κ3) is 2.82. The number of hydrogen-bond acceptors (Lipinski definition) is 3. The van der Waals surface area contributed by atoms with Crippen molar-refractivity contribution >= 4 is 11.8 Å². The first kappa shape index (κ1) is 13.7. The Hall–Kier alpha value is 0.270. The van der Waals surface area contributed by atoms with Gasteiger partial charge in [-0.15, -0.1) is 0 Å². The summed E-state index contributed by atoms with van der Waals surface area (Å²) in [6, 6.07) is 0.768. The first-order valence-corrected chi connectivity index (χ1v) is 8.15. The van der Waals surface area contributed by atoms with Gasteiger partial charge in [-0.3, -0.25) is 4.90 Å². The number of rotatable bonds is 3. The molecule has 100 valence electrons. The van der Waals surface area contributed by atoms with E-state index in [1.807, 2.05) is 0 Å². The fourth-order valence-electron chi connectivity index (χ4n) is 3.31. The smallest absolute Gasteiger partial charge is 0.0332 e. The van der Waals surface area contributed by atoms with Crippen LogP contribution in [-0.4, -0.2) is 41.6 Å². The summed E-state index contributed by atoms with van der Waals surface area (Å²) in [6.45, 7) is 5.64. The van der Waals surface area contributed by atoms with Crippen LogP contribution in [0.3, 0.4) is 0 Å². The Morgan fingerprint density at radius 3 is 2.35 bits per heavy atom. The Morgan fingerprint density at radius 1 is 1.24 bits per heavy atom. The van der Waals surface area contributed by atoms with Crippen molar-refractivity contribution in [2.75, 3.05) is 25.1 Å². The monoisotopic (exact) mass is 256 g/mol. The topological polar surface area (TPSA) is 29.3 Å². The molecule has 2 fully saturated rings. The van der Waals surface area contributed by atoms with Crippen LogP contribution >= 0.6 is 11.8 Å². The number of likely N-dealkylation sites (N-methyl/N-ethyl adjacent to an activating group) is 1. The van der Waals surface area contributed by atoms with Crippen LogP contribution in [0.1, 0.15) is 46.0 Å². The molecular weight excluding hydrogens is 228 g/mol. The standard InChI is InChI=1S/C14H28N2S/c1-13(2)5-7-14(11-15,8-6-13)16(3)12-4-9-17-10-12/h12H,4-11,15H2,1-3H3. The van der Waals surface area contributed by atoms with E-state index >= 15 is 0 Å². The first-order chi connectivity index (χ1) is 7.99. The highest BCUT2D eigenvalue weighted by Crippen LogP contribution is 2.43. The molecule has 1 saturated carbocycles. The number of thioether (sulfide) groups is 1. The maximum Gasteiger partial charge on any atom is 0.0332 e. The molecule has 0 bridgehead atoms. The van der Waals surface area contributed by atoms with Gasteiger partial charge in [0.25, 0.3) is 0 Å². The van der Waals surface area contributed by atoms with E-state index in [1.165, 1.54) is 43.6 Å². The third-order valence-corrected chi connectivity index (χ3v) is 6.26. The summed E-state index contributed by atoms with van der Waals surface area (Å²) < 4.78 is 0. The second-order valence-electron chi connectivity index (χ2n) is 6.72. The van der Waals surface area contributed by atoms with E-state index in [1.54, 1.807) is 0 Å². The zero-order chi connectivity index (χ0) is 12.5. The predicted octanol–water partition coefficient (Wildman–Crippen LogP) is 2.72. The average molecular weight is 256 g/mol. The zero-order valence-corrected chi connectivity index (χ0v) is 12.5. The van der Waals surface area contributed by atoms with Crippen LogP contribution < -0.4 is 5.73 Å². The van der Waals surface area contributed by atoms with Gasteiger partial charge in [0.15, 0.2) is 0 Å². The van der Waals surface area contributed by atoms with Crippen LogP contribution in [0.25, 0.3) is 0 Å². The molecule has 1 unspecified atom stereocenters. The molecule has 17 heavy (non-hydrogen) atoms. The van der Waals surface area contributed by atoms with Gasteiger partial charge in [-0.05, 0) is 50.3 Å². The van der Waals surface area contributed by atoms with Crippen molar-refractivity contribution in [1.29, 1.82) is 0 Å². The Labute approximate surface area is 111 Å². The second kappa shape index (κ2) is 5.10. The molecule has 2 rings (SSSR count). The van der Waals surface area contributed by atoms with Crippen molar-refractivity contribution < 1.29 is 0 Å². The van der Waals surface area contributed by atoms with Crippen molar-refractivity contribution in [3.63, 3.8) is 0 Å². The van der Waals surface area contributed by atoms with Crippen LogP contribution in [0.4, 0.5) is 0 Å². The van der Waals surface area contributed by atoms with E-state index < -0.39 is 0 Å². The number of nitrogens with two attached hydrogens (primary N) is 1. The van der Waals surface area contributed by atoms with Gasteiger partial charge >= 0.3 is 0 Å². The lowest BCUT2D eigenvalue weighted by atomic mass is 9.68. The van der Waals surface area contributed by atoms with E-state index in [-0.39, 0.29) is 0 Å². The van der Waals surface area contributed by atoms with E-state index in [0.717, 1.165) is 12.6 Å². The maximum atomic E-state index is 6.15. The normalized spacial score (nSPS) is 31.9. The van der Waals surface area contributed by atoms with Crippen molar-refractivity contribution in [1.82, 2.24) is 4.90 Å². The number of nitrogens with zero attached hydrogens (tertiary/aromatic N) is 1. The minimum absolute atomic E-state index is 0.297. The molecule has 0 aromatic rings. The Balaban J connectivity index is 2.04. The molecule has 2 nitrogen and oxygen atoms in total. The van der Waals surface area contributed by atoms with Gasteiger partial charge in [0.1, 0.15) is 0 Å². The SMILES string of the molecule is CN(C1CCSC1)C1(CN)CCC(C)(C)CC1. The van der Waals surface area contributed by atoms with Gasteiger partial charge in [-0.2, -0.15) is 11.8 Å². The minimum atomic E-state index is 0.297. The molecule has 1 aliphatic heterocycles. The van der Waals surface area contributed by atoms with E-state index in [2.05, 4.69) is 37.6 Å². The Kier molecular flexibility index (Phi) is 4.11. The van der Waals surface area contributed by atoms with Crippen molar-refractivity contribution in [3.05, 3.63) is 0 Å². The highest BCUT2D eigenvalue weighted by atomic mass is 32.2. The van der Waals surface area contributed by atoms with Crippen molar-refractivity contribution in [2.45, 2.75) is 57.5 Å². The minimum Gasteiger partial charge on any atom is -0.329 e. The summed E-state index contributed by atoms with van der Waals surface area (Å²) in [7, 11) is 2.32. The molecule has 1 heterocycles. The molecule has 0 aromatic heterocycles. The molecule has 1 atom stereocenters. The molecule has 2 aliphatic rings. The first-order valence-electron chi connectivity index (χ1n) is 7.00.